The molecule has 0 spiro atoms. The van der Waals surface area contributed by atoms with Gasteiger partial charge in [-0.3, -0.25) is 9.59 Å². The maximum absolute atomic E-state index is 13.2. The van der Waals surface area contributed by atoms with E-state index in [0.717, 1.165) is 44.3 Å². The number of hydrogen-bond donors (Lipinski definition) is 0. The fraction of sp³-hybridized carbons (Fsp3) is 0.474. The molecule has 1 atom stereocenters. The van der Waals surface area contributed by atoms with Gasteiger partial charge < -0.3 is 33.6 Å². The lowest BCUT2D eigenvalue weighted by Gasteiger charge is -2.27. The Balaban J connectivity index is 1.32. The van der Waals surface area contributed by atoms with Crippen LogP contribution in [0.1, 0.15) is 75.7 Å². The third-order valence-corrected chi connectivity index (χ3v) is 10.1. The highest BCUT2D eigenvalue weighted by atomic mass is 35.5. The molecule has 310 valence electrons. The lowest BCUT2D eigenvalue weighted by molar-refractivity contribution is -0.605. The molecule has 2 fully saturated rings. The van der Waals surface area contributed by atoms with Crippen LogP contribution in [0, 0.1) is 17.0 Å². The first-order valence-corrected chi connectivity index (χ1v) is 20.5. The van der Waals surface area contributed by atoms with Gasteiger partial charge in [0.15, 0.2) is 23.9 Å². The maximum atomic E-state index is 13.2. The SMILES string of the molecule is CC(C)(C)OC(=O)N(c1ccc(COC(=O)CC(=O)OC(Cc2c(Cl)c[n+]([O-])cc2Cl)c2ccc(OC(F)F)c(OCC3CC3)c2)cc1OCC1CC1)S(C)(=O)=O. The van der Waals surface area contributed by atoms with E-state index in [4.69, 9.17) is 46.9 Å². The number of carbonyl (C=O) groups is 3. The zero-order chi connectivity index (χ0) is 41.7. The number of anilines is 1. The van der Waals surface area contributed by atoms with Gasteiger partial charge in [0, 0.05) is 12.0 Å². The van der Waals surface area contributed by atoms with Crippen molar-refractivity contribution in [3.8, 4) is 17.2 Å². The Morgan fingerprint density at radius 2 is 1.53 bits per heavy atom. The Morgan fingerprint density at radius 3 is 2.09 bits per heavy atom. The van der Waals surface area contributed by atoms with Crippen molar-refractivity contribution in [1.82, 2.24) is 0 Å². The largest absolute Gasteiger partial charge is 0.619 e. The van der Waals surface area contributed by atoms with Crippen molar-refractivity contribution < 1.29 is 64.7 Å². The predicted molar refractivity (Wildman–Crippen MR) is 202 cm³/mol. The number of nitrogens with zero attached hydrogens (tertiary/aromatic N) is 2. The third kappa shape index (κ3) is 13.2. The van der Waals surface area contributed by atoms with Crippen molar-refractivity contribution in [3.63, 3.8) is 0 Å². The topological polar surface area (TPSA) is 171 Å². The van der Waals surface area contributed by atoms with E-state index in [1.54, 1.807) is 20.8 Å². The second-order valence-electron chi connectivity index (χ2n) is 14.7. The van der Waals surface area contributed by atoms with Crippen LogP contribution in [0.15, 0.2) is 48.8 Å². The molecule has 2 saturated carbocycles. The molecule has 0 radical (unpaired) electrons. The normalized spacial score (nSPS) is 14.8. The smallest absolute Gasteiger partial charge is 0.429 e. The summed E-state index contributed by atoms with van der Waals surface area (Å²) in [6.07, 6.45) is 3.22. The van der Waals surface area contributed by atoms with Gasteiger partial charge >= 0.3 is 24.6 Å². The fourth-order valence-corrected chi connectivity index (χ4v) is 6.75. The summed E-state index contributed by atoms with van der Waals surface area (Å²) in [5.41, 5.74) is -0.284. The number of hydrogen-bond acceptors (Lipinski definition) is 12. The van der Waals surface area contributed by atoms with Crippen LogP contribution in [0.3, 0.4) is 0 Å². The summed E-state index contributed by atoms with van der Waals surface area (Å²) in [6, 6.07) is 8.14. The van der Waals surface area contributed by atoms with Crippen molar-refractivity contribution in [2.24, 2.45) is 11.8 Å². The minimum absolute atomic E-state index is 0.0277. The average Bonchev–Trinajstić information content (AvgIpc) is 4.02. The number of sulfonamides is 1. The lowest BCUT2D eigenvalue weighted by Crippen LogP contribution is -2.40. The Bertz CT molecular complexity index is 2050. The van der Waals surface area contributed by atoms with Crippen molar-refractivity contribution in [2.45, 2.75) is 84.2 Å². The van der Waals surface area contributed by atoms with Gasteiger partial charge in [-0.05, 0) is 93.7 Å². The molecule has 1 amide bonds. The number of pyridine rings is 1. The fourth-order valence-electron chi connectivity index (χ4n) is 5.33. The number of carbonyl (C=O) groups excluding carboxylic acids is 3. The molecule has 2 aliphatic rings. The summed E-state index contributed by atoms with van der Waals surface area (Å²) in [5, 5.41) is 11.8. The van der Waals surface area contributed by atoms with E-state index >= 15 is 0 Å². The highest BCUT2D eigenvalue weighted by Gasteiger charge is 2.34. The number of aromatic nitrogens is 1. The molecular formula is C38H42Cl2F2N2O12S. The van der Waals surface area contributed by atoms with Gasteiger partial charge in [0.2, 0.25) is 10.0 Å². The van der Waals surface area contributed by atoms with Gasteiger partial charge in [0.25, 0.3) is 0 Å². The molecule has 0 aliphatic heterocycles. The molecule has 14 nitrogen and oxygen atoms in total. The predicted octanol–water partition coefficient (Wildman–Crippen LogP) is 7.47. The summed E-state index contributed by atoms with van der Waals surface area (Å²) in [6.45, 7) is 1.76. The molecule has 5 rings (SSSR count). The van der Waals surface area contributed by atoms with Crippen LogP contribution in [-0.2, 0) is 46.9 Å². The van der Waals surface area contributed by atoms with Crippen LogP contribution in [0.5, 0.6) is 17.2 Å². The van der Waals surface area contributed by atoms with Gasteiger partial charge in [-0.1, -0.05) is 35.3 Å². The quantitative estimate of drug-likeness (QED) is 0.0407. The van der Waals surface area contributed by atoms with E-state index in [2.05, 4.69) is 4.74 Å². The van der Waals surface area contributed by atoms with Crippen LogP contribution in [0.2, 0.25) is 10.0 Å². The zero-order valence-corrected chi connectivity index (χ0v) is 33.8. The second-order valence-corrected chi connectivity index (χ2v) is 17.4. The number of amides is 1. The maximum Gasteiger partial charge on any atom is 0.429 e. The van der Waals surface area contributed by atoms with Crippen molar-refractivity contribution in [3.05, 3.63) is 80.7 Å². The highest BCUT2D eigenvalue weighted by molar-refractivity contribution is 7.92. The summed E-state index contributed by atoms with van der Waals surface area (Å²) in [7, 11) is -4.19. The number of alkyl halides is 2. The first kappa shape index (κ1) is 43.5. The highest BCUT2D eigenvalue weighted by Crippen LogP contribution is 2.39. The molecule has 57 heavy (non-hydrogen) atoms. The minimum Gasteiger partial charge on any atom is -0.619 e. The first-order valence-electron chi connectivity index (χ1n) is 17.9. The van der Waals surface area contributed by atoms with Crippen LogP contribution in [0.4, 0.5) is 19.3 Å². The molecule has 1 heterocycles. The van der Waals surface area contributed by atoms with Gasteiger partial charge in [0.1, 0.15) is 46.2 Å². The Hall–Kier alpha value is -4.61. The van der Waals surface area contributed by atoms with E-state index < -0.39 is 52.8 Å². The van der Waals surface area contributed by atoms with Gasteiger partial charge in [0.05, 0.1) is 19.5 Å². The zero-order valence-electron chi connectivity index (χ0n) is 31.5. The molecule has 0 saturated heterocycles. The van der Waals surface area contributed by atoms with Crippen LogP contribution in [0.25, 0.3) is 0 Å². The Kier molecular flexibility index (Phi) is 14.0. The minimum atomic E-state index is -4.19. The van der Waals surface area contributed by atoms with E-state index in [-0.39, 0.29) is 82.2 Å². The molecule has 0 bridgehead atoms. The first-order chi connectivity index (χ1) is 26.8. The van der Waals surface area contributed by atoms with Crippen LogP contribution >= 0.6 is 23.2 Å². The summed E-state index contributed by atoms with van der Waals surface area (Å²) < 4.78 is 85.7. The van der Waals surface area contributed by atoms with Crippen molar-refractivity contribution in [1.29, 1.82) is 0 Å². The van der Waals surface area contributed by atoms with E-state index in [0.29, 0.717) is 14.6 Å². The van der Waals surface area contributed by atoms with Gasteiger partial charge in [-0.2, -0.15) is 17.8 Å². The molecule has 1 unspecified atom stereocenters. The van der Waals surface area contributed by atoms with E-state index in [1.807, 2.05) is 0 Å². The third-order valence-electron chi connectivity index (χ3n) is 8.44. The van der Waals surface area contributed by atoms with E-state index in [9.17, 15) is 36.8 Å². The molecule has 2 aromatic carbocycles. The Morgan fingerprint density at radius 1 is 0.912 bits per heavy atom. The Labute approximate surface area is 338 Å². The molecule has 2 aliphatic carbocycles. The van der Waals surface area contributed by atoms with Crippen molar-refractivity contribution in [2.75, 3.05) is 23.8 Å². The number of ether oxygens (including phenoxy) is 6. The van der Waals surface area contributed by atoms with Crippen LogP contribution in [-0.4, -0.2) is 58.1 Å². The van der Waals surface area contributed by atoms with Crippen LogP contribution < -0.4 is 23.2 Å². The molecule has 3 aromatic rings. The van der Waals surface area contributed by atoms with Gasteiger partial charge in [-0.15, -0.1) is 0 Å². The molecular weight excluding hydrogens is 817 g/mol. The molecule has 0 N–H and O–H groups in total. The van der Waals surface area contributed by atoms with Gasteiger partial charge in [-0.25, -0.2) is 13.2 Å². The summed E-state index contributed by atoms with van der Waals surface area (Å²) >= 11 is 12.6. The number of esters is 2. The average molecular weight is 860 g/mol. The standard InChI is InChI=1S/C38H42Cl2F2N2O12S/c1-38(2,3)56-37(47)44(57(4,49)50)29-11-9-24(13-32(29)51-19-22-5-6-22)21-53-34(45)16-35(46)54-31(15-26-27(39)17-43(48)18-28(26)40)25-10-12-30(55-36(41)42)33(14-25)52-20-23-7-8-23/h9-14,17-18,22-23,31,36H,5-8,15-16,19-21H2,1-4H3. The second kappa shape index (κ2) is 18.3. The molecule has 19 heteroatoms. The number of halogens is 4. The van der Waals surface area contributed by atoms with E-state index in [1.165, 1.54) is 36.4 Å². The summed E-state index contributed by atoms with van der Waals surface area (Å²) in [5.74, 6) is -1.76. The molecule has 1 aromatic heterocycles. The van der Waals surface area contributed by atoms with Crippen molar-refractivity contribution >= 4 is 56.9 Å². The number of benzene rings is 2. The number of rotatable bonds is 18. The lowest BCUT2D eigenvalue weighted by atomic mass is 10.0. The monoisotopic (exact) mass is 858 g/mol. The summed E-state index contributed by atoms with van der Waals surface area (Å²) in [4.78, 5) is 39.2.